The predicted octanol–water partition coefficient (Wildman–Crippen LogP) is 0.235. The van der Waals surface area contributed by atoms with Crippen LogP contribution >= 0.6 is 0 Å². The van der Waals surface area contributed by atoms with Crippen LogP contribution in [-0.2, 0) is 20.8 Å². The van der Waals surface area contributed by atoms with E-state index in [9.17, 15) is 34.8 Å². The van der Waals surface area contributed by atoms with Crippen molar-refractivity contribution in [1.82, 2.24) is 4.90 Å². The first-order valence-corrected chi connectivity index (χ1v) is 10.5. The zero-order valence-electron chi connectivity index (χ0n) is 18.8. The molecule has 1 saturated carbocycles. The zero-order valence-corrected chi connectivity index (χ0v) is 18.8. The van der Waals surface area contributed by atoms with Gasteiger partial charge in [0.15, 0.2) is 17.3 Å². The van der Waals surface area contributed by atoms with Gasteiger partial charge in [0.25, 0.3) is 0 Å². The Kier molecular flexibility index (Phi) is 4.97. The first kappa shape index (κ1) is 22.7. The number of ketones is 2. The minimum Gasteiger partial charge on any atom is -0.509 e. The van der Waals surface area contributed by atoms with Gasteiger partial charge in [-0.1, -0.05) is 0 Å². The SMILES string of the molecule is CN(C)C1=C(O)C(C(N)=O)C(=O)[C@@]2(O)C(=O)C3=C(O)c4c(O)ccc(N(C)C)c4C[C@H]3C[C@@H]12. The molecule has 6 N–H and O–H groups in total. The number of carbonyl (C=O) groups is 3. The Balaban J connectivity index is 1.98. The van der Waals surface area contributed by atoms with E-state index in [1.807, 2.05) is 19.0 Å². The zero-order chi connectivity index (χ0) is 24.6. The Bertz CT molecular complexity index is 1170. The lowest BCUT2D eigenvalue weighted by molar-refractivity contribution is -0.163. The van der Waals surface area contributed by atoms with E-state index in [-0.39, 0.29) is 35.4 Å². The Morgan fingerprint density at radius 3 is 2.27 bits per heavy atom. The van der Waals surface area contributed by atoms with Crippen LogP contribution in [0.15, 0.2) is 29.2 Å². The Hall–Kier alpha value is -3.53. The van der Waals surface area contributed by atoms with Crippen molar-refractivity contribution in [3.63, 3.8) is 0 Å². The van der Waals surface area contributed by atoms with Gasteiger partial charge in [0.05, 0.1) is 11.3 Å². The quantitative estimate of drug-likeness (QED) is 0.400. The molecule has 1 amide bonds. The standard InChI is InChI=1S/C23H27N3O7/c1-25(2)12-5-6-13(27)15-10(12)7-9-8-11-17(26(3)4)19(29)16(22(24)32)21(31)23(11,33)20(30)14(9)18(15)28/h5-6,9,11,16,27-29,33H,7-8H2,1-4H3,(H2,24,32)/t9-,11-,16?,23-/m0/s1. The summed E-state index contributed by atoms with van der Waals surface area (Å²) in [6, 6.07) is 3.10. The largest absolute Gasteiger partial charge is 0.509 e. The molecule has 33 heavy (non-hydrogen) atoms. The topological polar surface area (TPSA) is 165 Å². The molecule has 10 nitrogen and oxygen atoms in total. The summed E-state index contributed by atoms with van der Waals surface area (Å²) in [5.74, 6) is -8.43. The molecule has 3 aliphatic rings. The van der Waals surface area contributed by atoms with Crippen LogP contribution < -0.4 is 10.6 Å². The number of phenolic OH excluding ortho intramolecular Hbond substituents is 1. The Morgan fingerprint density at radius 1 is 1.09 bits per heavy atom. The molecule has 4 rings (SSSR count). The van der Waals surface area contributed by atoms with Crippen LogP contribution in [0.1, 0.15) is 17.5 Å². The summed E-state index contributed by atoms with van der Waals surface area (Å²) in [7, 11) is 6.74. The average Bonchev–Trinajstić information content (AvgIpc) is 2.70. The van der Waals surface area contributed by atoms with Gasteiger partial charge in [-0.2, -0.15) is 0 Å². The fraction of sp³-hybridized carbons (Fsp3) is 0.435. The first-order valence-electron chi connectivity index (χ1n) is 10.5. The average molecular weight is 457 g/mol. The molecule has 1 aromatic carbocycles. The van der Waals surface area contributed by atoms with Gasteiger partial charge in [-0.05, 0) is 36.5 Å². The maximum Gasteiger partial charge on any atom is 0.235 e. The monoisotopic (exact) mass is 457 g/mol. The molecule has 0 bridgehead atoms. The molecule has 1 aromatic rings. The smallest absolute Gasteiger partial charge is 0.235 e. The highest BCUT2D eigenvalue weighted by Crippen LogP contribution is 2.53. The van der Waals surface area contributed by atoms with Crippen molar-refractivity contribution in [1.29, 1.82) is 0 Å². The highest BCUT2D eigenvalue weighted by atomic mass is 16.3. The third-order valence-electron chi connectivity index (χ3n) is 6.98. The maximum atomic E-state index is 13.7. The number of carbonyl (C=O) groups excluding carboxylic acids is 3. The van der Waals surface area contributed by atoms with Crippen LogP contribution in [0.25, 0.3) is 5.76 Å². The van der Waals surface area contributed by atoms with E-state index < -0.39 is 52.3 Å². The van der Waals surface area contributed by atoms with Crippen LogP contribution in [0.2, 0.25) is 0 Å². The van der Waals surface area contributed by atoms with Crippen molar-refractivity contribution in [3.8, 4) is 5.75 Å². The summed E-state index contributed by atoms with van der Waals surface area (Å²) >= 11 is 0. The van der Waals surface area contributed by atoms with Crippen molar-refractivity contribution in [3.05, 3.63) is 40.3 Å². The number of benzene rings is 1. The number of aliphatic hydroxyl groups excluding tert-OH is 2. The molecule has 0 radical (unpaired) electrons. The number of nitrogens with two attached hydrogens (primary N) is 1. The molecule has 0 spiro atoms. The molecule has 1 unspecified atom stereocenters. The number of hydrogen-bond acceptors (Lipinski definition) is 9. The molecule has 0 saturated heterocycles. The molecule has 0 aromatic heterocycles. The third kappa shape index (κ3) is 2.86. The number of aliphatic hydroxyl groups is 3. The second-order valence-electron chi connectivity index (χ2n) is 9.26. The highest BCUT2D eigenvalue weighted by molar-refractivity contribution is 6.25. The summed E-state index contributed by atoms with van der Waals surface area (Å²) in [6.45, 7) is 0. The lowest BCUT2D eigenvalue weighted by Crippen LogP contribution is -2.65. The van der Waals surface area contributed by atoms with Crippen molar-refractivity contribution in [2.24, 2.45) is 23.5 Å². The number of Topliss-reactive ketones (excluding diaryl/α,β-unsaturated/α-hetero) is 2. The fourth-order valence-electron chi connectivity index (χ4n) is 5.57. The lowest BCUT2D eigenvalue weighted by Gasteiger charge is -2.49. The van der Waals surface area contributed by atoms with Crippen LogP contribution in [0.3, 0.4) is 0 Å². The van der Waals surface area contributed by atoms with Crippen molar-refractivity contribution >= 4 is 28.9 Å². The molecule has 1 fully saturated rings. The summed E-state index contributed by atoms with van der Waals surface area (Å²) in [6.07, 6.45) is 0.294. The van der Waals surface area contributed by atoms with Gasteiger partial charge in [0.1, 0.15) is 17.3 Å². The molecule has 4 atom stereocenters. The van der Waals surface area contributed by atoms with Crippen LogP contribution in [0.5, 0.6) is 5.75 Å². The minimum absolute atomic E-state index is 0.0401. The van der Waals surface area contributed by atoms with Gasteiger partial charge >= 0.3 is 0 Å². The van der Waals surface area contributed by atoms with E-state index in [4.69, 9.17) is 5.73 Å². The number of primary amides is 1. The van der Waals surface area contributed by atoms with Crippen molar-refractivity contribution in [2.45, 2.75) is 18.4 Å². The fourth-order valence-corrected chi connectivity index (χ4v) is 5.57. The lowest BCUT2D eigenvalue weighted by atomic mass is 9.57. The number of hydrogen-bond donors (Lipinski definition) is 5. The summed E-state index contributed by atoms with van der Waals surface area (Å²) < 4.78 is 0. The molecule has 3 aliphatic carbocycles. The second kappa shape index (κ2) is 7.24. The minimum atomic E-state index is -2.70. The predicted molar refractivity (Wildman–Crippen MR) is 118 cm³/mol. The van der Waals surface area contributed by atoms with E-state index in [0.717, 1.165) is 5.69 Å². The number of nitrogens with zero attached hydrogens (tertiary/aromatic N) is 2. The Morgan fingerprint density at radius 2 is 1.73 bits per heavy atom. The van der Waals surface area contributed by atoms with Gasteiger partial charge < -0.3 is 36.0 Å². The van der Waals surface area contributed by atoms with Gasteiger partial charge in [-0.3, -0.25) is 14.4 Å². The van der Waals surface area contributed by atoms with Gasteiger partial charge in [-0.25, -0.2) is 0 Å². The molecular weight excluding hydrogens is 430 g/mol. The van der Waals surface area contributed by atoms with E-state index in [1.165, 1.54) is 11.0 Å². The molecular formula is C23H27N3O7. The van der Waals surface area contributed by atoms with Crippen LogP contribution in [0, 0.1) is 17.8 Å². The van der Waals surface area contributed by atoms with E-state index in [0.29, 0.717) is 5.56 Å². The van der Waals surface area contributed by atoms with E-state index in [2.05, 4.69) is 0 Å². The number of phenols is 1. The number of rotatable bonds is 3. The summed E-state index contributed by atoms with van der Waals surface area (Å²) in [4.78, 5) is 42.1. The highest BCUT2D eigenvalue weighted by Gasteiger charge is 2.65. The van der Waals surface area contributed by atoms with Gasteiger partial charge in [-0.15, -0.1) is 0 Å². The van der Waals surface area contributed by atoms with Gasteiger partial charge in [0, 0.05) is 45.4 Å². The first-order chi connectivity index (χ1) is 15.3. The van der Waals surface area contributed by atoms with E-state index >= 15 is 0 Å². The molecule has 0 aliphatic heterocycles. The maximum absolute atomic E-state index is 13.7. The normalized spacial score (nSPS) is 28.8. The van der Waals surface area contributed by atoms with Gasteiger partial charge in [0.2, 0.25) is 11.7 Å². The van der Waals surface area contributed by atoms with Crippen molar-refractivity contribution in [2.75, 3.05) is 33.1 Å². The summed E-state index contributed by atoms with van der Waals surface area (Å²) in [5, 5.41) is 43.8. The number of fused-ring (bicyclic) bond motifs is 3. The summed E-state index contributed by atoms with van der Waals surface area (Å²) in [5.41, 5.74) is 3.96. The third-order valence-corrected chi connectivity index (χ3v) is 6.98. The molecule has 0 heterocycles. The van der Waals surface area contributed by atoms with Crippen molar-refractivity contribution < 1.29 is 34.8 Å². The molecule has 10 heteroatoms. The number of amides is 1. The number of aromatic hydroxyl groups is 1. The van der Waals surface area contributed by atoms with E-state index in [1.54, 1.807) is 20.2 Å². The Labute approximate surface area is 190 Å². The van der Waals surface area contributed by atoms with Crippen LogP contribution in [0.4, 0.5) is 5.69 Å². The molecule has 176 valence electrons. The second-order valence-corrected chi connectivity index (χ2v) is 9.26. The van der Waals surface area contributed by atoms with Crippen LogP contribution in [-0.4, -0.2) is 76.6 Å². The number of anilines is 1.